The van der Waals surface area contributed by atoms with E-state index in [1.165, 1.54) is 0 Å². The molecule has 0 aromatic carbocycles. The van der Waals surface area contributed by atoms with Gasteiger partial charge in [-0.25, -0.2) is 8.42 Å². The molecule has 0 aromatic rings. The highest BCUT2D eigenvalue weighted by Gasteiger charge is 2.53. The summed E-state index contributed by atoms with van der Waals surface area (Å²) in [6, 6.07) is 0.806. The zero-order valence-electron chi connectivity index (χ0n) is 9.89. The van der Waals surface area contributed by atoms with Crippen LogP contribution in [0.15, 0.2) is 0 Å². The van der Waals surface area contributed by atoms with Gasteiger partial charge in [0.1, 0.15) is 6.04 Å². The number of amides is 1. The first kappa shape index (κ1) is 11.5. The molecule has 1 amide bonds. The van der Waals surface area contributed by atoms with Crippen molar-refractivity contribution in [3.63, 3.8) is 0 Å². The van der Waals surface area contributed by atoms with Crippen LogP contribution < -0.4 is 5.32 Å². The van der Waals surface area contributed by atoms with Gasteiger partial charge in [0.05, 0.1) is 43.6 Å². The number of nitrogens with zero attached hydrogens (tertiary/aromatic N) is 1. The maximum Gasteiger partial charge on any atom is 0.226 e. The Labute approximate surface area is 102 Å². The molecule has 3 aliphatic heterocycles. The van der Waals surface area contributed by atoms with E-state index >= 15 is 0 Å². The molecule has 3 saturated heterocycles. The molecule has 2 unspecified atom stereocenters. The first-order valence-electron chi connectivity index (χ1n) is 6.35. The predicted octanol–water partition coefficient (Wildman–Crippen LogP) is -0.717. The molecule has 2 atom stereocenters. The molecule has 1 spiro atoms. The third-order valence-electron chi connectivity index (χ3n) is 4.88. The minimum Gasteiger partial charge on any atom is -0.350 e. The summed E-state index contributed by atoms with van der Waals surface area (Å²) in [4.78, 5) is 11.6. The van der Waals surface area contributed by atoms with Crippen LogP contribution in [-0.4, -0.2) is 62.0 Å². The van der Waals surface area contributed by atoms with Gasteiger partial charge < -0.3 is 9.80 Å². The molecule has 0 saturated carbocycles. The minimum atomic E-state index is -2.82. The summed E-state index contributed by atoms with van der Waals surface area (Å²) < 4.78 is 24.0. The summed E-state index contributed by atoms with van der Waals surface area (Å²) in [6.07, 6.45) is 2.79. The fraction of sp³-hybridized carbons (Fsp3) is 0.909. The Hall–Kier alpha value is -0.620. The van der Waals surface area contributed by atoms with Crippen LogP contribution in [0, 0.1) is 0 Å². The Morgan fingerprint density at radius 1 is 1.12 bits per heavy atom. The summed E-state index contributed by atoms with van der Waals surface area (Å²) in [5.74, 6) is 0.741. The average molecular weight is 259 g/mol. The molecule has 3 rings (SSSR count). The van der Waals surface area contributed by atoms with Gasteiger partial charge in [-0.2, -0.15) is 0 Å². The van der Waals surface area contributed by atoms with Crippen LogP contribution >= 0.6 is 0 Å². The fourth-order valence-corrected chi connectivity index (χ4v) is 5.29. The molecule has 0 radical (unpaired) electrons. The van der Waals surface area contributed by atoms with Crippen molar-refractivity contribution in [1.29, 1.82) is 0 Å². The number of hydrogen-bond donors (Lipinski definition) is 1. The number of carbonyl (C=O) groups is 1. The molecule has 2 bridgehead atoms. The Bertz CT molecular complexity index is 432. The SMILES string of the molecule is O=C1CC2CCC(CN1)[N+]21CCS(=O)(=O)CC1. The van der Waals surface area contributed by atoms with Gasteiger partial charge in [-0.05, 0) is 0 Å². The maximum absolute atomic E-state index is 11.6. The number of hydrogen-bond acceptors (Lipinski definition) is 3. The largest absolute Gasteiger partial charge is 0.350 e. The quantitative estimate of drug-likeness (QED) is 0.584. The summed E-state index contributed by atoms with van der Waals surface area (Å²) in [5, 5.41) is 2.96. The van der Waals surface area contributed by atoms with Gasteiger partial charge in [-0.3, -0.25) is 4.79 Å². The first-order chi connectivity index (χ1) is 8.02. The second-order valence-corrected chi connectivity index (χ2v) is 7.90. The molecule has 1 N–H and O–H groups in total. The lowest BCUT2D eigenvalue weighted by molar-refractivity contribution is -0.955. The predicted molar refractivity (Wildman–Crippen MR) is 63.1 cm³/mol. The molecule has 5 nitrogen and oxygen atoms in total. The molecule has 6 heteroatoms. The number of quaternary nitrogens is 1. The third-order valence-corrected chi connectivity index (χ3v) is 6.49. The van der Waals surface area contributed by atoms with E-state index in [-0.39, 0.29) is 5.91 Å². The monoisotopic (exact) mass is 259 g/mol. The number of carbonyl (C=O) groups excluding carboxylic acids is 1. The third kappa shape index (κ3) is 1.78. The number of rotatable bonds is 0. The van der Waals surface area contributed by atoms with Crippen LogP contribution in [0.5, 0.6) is 0 Å². The zero-order valence-corrected chi connectivity index (χ0v) is 10.7. The molecule has 0 aliphatic carbocycles. The lowest BCUT2D eigenvalue weighted by Gasteiger charge is -2.45. The lowest BCUT2D eigenvalue weighted by Crippen LogP contribution is -2.63. The van der Waals surface area contributed by atoms with Gasteiger partial charge in [0.25, 0.3) is 0 Å². The summed E-state index contributed by atoms with van der Waals surface area (Å²) in [5.41, 5.74) is 0. The smallest absolute Gasteiger partial charge is 0.226 e. The van der Waals surface area contributed by atoms with E-state index < -0.39 is 9.84 Å². The fourth-order valence-electron chi connectivity index (χ4n) is 3.84. The van der Waals surface area contributed by atoms with Crippen molar-refractivity contribution in [2.24, 2.45) is 0 Å². The van der Waals surface area contributed by atoms with Crippen molar-refractivity contribution < 1.29 is 17.7 Å². The number of nitrogens with one attached hydrogen (secondary N) is 1. The standard InChI is InChI=1S/C11H18N2O3S/c14-11-7-9-1-2-10(8-12-11)13(9)3-5-17(15,16)6-4-13/h9-10H,1-8H2/p+1. The second-order valence-electron chi connectivity index (χ2n) is 5.60. The molecular formula is C11H19N2O3S+. The normalized spacial score (nSPS) is 38.7. The van der Waals surface area contributed by atoms with Gasteiger partial charge in [0.2, 0.25) is 5.91 Å². The van der Waals surface area contributed by atoms with E-state index in [4.69, 9.17) is 0 Å². The van der Waals surface area contributed by atoms with Gasteiger partial charge in [0, 0.05) is 12.8 Å². The van der Waals surface area contributed by atoms with Crippen LogP contribution in [0.1, 0.15) is 19.3 Å². The molecule has 17 heavy (non-hydrogen) atoms. The average Bonchev–Trinajstić information content (AvgIpc) is 2.51. The van der Waals surface area contributed by atoms with Gasteiger partial charge in [-0.1, -0.05) is 0 Å². The van der Waals surface area contributed by atoms with Crippen LogP contribution in [-0.2, 0) is 14.6 Å². The first-order valence-corrected chi connectivity index (χ1v) is 8.18. The molecule has 3 fully saturated rings. The molecule has 0 aromatic heterocycles. The Balaban J connectivity index is 1.89. The second kappa shape index (κ2) is 3.68. The van der Waals surface area contributed by atoms with Crippen molar-refractivity contribution in [2.75, 3.05) is 31.1 Å². The molecule has 3 heterocycles. The number of sulfone groups is 1. The van der Waals surface area contributed by atoms with Crippen LogP contribution in [0.2, 0.25) is 0 Å². The van der Waals surface area contributed by atoms with Crippen LogP contribution in [0.4, 0.5) is 0 Å². The van der Waals surface area contributed by atoms with Gasteiger partial charge in [0.15, 0.2) is 9.84 Å². The van der Waals surface area contributed by atoms with Crippen molar-refractivity contribution in [3.8, 4) is 0 Å². The van der Waals surface area contributed by atoms with Crippen molar-refractivity contribution in [3.05, 3.63) is 0 Å². The molecule has 96 valence electrons. The minimum absolute atomic E-state index is 0.142. The van der Waals surface area contributed by atoms with E-state index in [0.717, 1.165) is 23.9 Å². The highest BCUT2D eigenvalue weighted by Crippen LogP contribution is 2.38. The Morgan fingerprint density at radius 3 is 2.47 bits per heavy atom. The summed E-state index contributed by atoms with van der Waals surface area (Å²) in [7, 11) is -2.82. The van der Waals surface area contributed by atoms with E-state index in [9.17, 15) is 13.2 Å². The van der Waals surface area contributed by atoms with Gasteiger partial charge >= 0.3 is 0 Å². The Kier molecular flexibility index (Phi) is 2.49. The summed E-state index contributed by atoms with van der Waals surface area (Å²) >= 11 is 0. The Morgan fingerprint density at radius 2 is 1.76 bits per heavy atom. The van der Waals surface area contributed by atoms with E-state index in [0.29, 0.717) is 43.1 Å². The van der Waals surface area contributed by atoms with E-state index in [2.05, 4.69) is 5.32 Å². The summed E-state index contributed by atoms with van der Waals surface area (Å²) in [6.45, 7) is 2.16. The maximum atomic E-state index is 11.6. The highest BCUT2D eigenvalue weighted by atomic mass is 32.2. The topological polar surface area (TPSA) is 63.2 Å². The lowest BCUT2D eigenvalue weighted by atomic mass is 10.1. The zero-order chi connectivity index (χ0) is 12.1. The van der Waals surface area contributed by atoms with Crippen molar-refractivity contribution in [1.82, 2.24) is 5.32 Å². The van der Waals surface area contributed by atoms with Gasteiger partial charge in [-0.15, -0.1) is 0 Å². The highest BCUT2D eigenvalue weighted by molar-refractivity contribution is 7.91. The van der Waals surface area contributed by atoms with Crippen molar-refractivity contribution in [2.45, 2.75) is 31.3 Å². The molecule has 3 aliphatic rings. The van der Waals surface area contributed by atoms with Crippen molar-refractivity contribution >= 4 is 15.7 Å². The van der Waals surface area contributed by atoms with E-state index in [1.54, 1.807) is 0 Å². The molecular weight excluding hydrogens is 240 g/mol. The van der Waals surface area contributed by atoms with Crippen LogP contribution in [0.25, 0.3) is 0 Å². The van der Waals surface area contributed by atoms with Crippen LogP contribution in [0.3, 0.4) is 0 Å². The van der Waals surface area contributed by atoms with E-state index in [1.807, 2.05) is 0 Å².